The highest BCUT2D eigenvalue weighted by Crippen LogP contribution is 2.29. The monoisotopic (exact) mass is 437 g/mol. The Morgan fingerprint density at radius 3 is 2.28 bits per heavy atom. The maximum absolute atomic E-state index is 11.9. The van der Waals surface area contributed by atoms with Crippen molar-refractivity contribution in [1.29, 1.82) is 0 Å². The zero-order valence-corrected chi connectivity index (χ0v) is 16.8. The van der Waals surface area contributed by atoms with E-state index >= 15 is 0 Å². The van der Waals surface area contributed by atoms with Crippen LogP contribution in [0.15, 0.2) is 42.5 Å². The van der Waals surface area contributed by atoms with Crippen molar-refractivity contribution in [2.75, 3.05) is 23.8 Å². The molecule has 0 spiro atoms. The third kappa shape index (κ3) is 6.48. The summed E-state index contributed by atoms with van der Waals surface area (Å²) in [4.78, 5) is 47.3. The predicted molar refractivity (Wildman–Crippen MR) is 109 cm³/mol. The average molecular weight is 438 g/mol. The highest BCUT2D eigenvalue weighted by atomic mass is 35.5. The largest absolute Gasteiger partial charge is 0.462 e. The lowest BCUT2D eigenvalue weighted by Crippen LogP contribution is -2.39. The average Bonchev–Trinajstić information content (AvgIpc) is 2.70. The fourth-order valence-electron chi connectivity index (χ4n) is 2.13. The molecule has 8 nitrogen and oxygen atoms in total. The first-order chi connectivity index (χ1) is 13.8. The van der Waals surface area contributed by atoms with E-state index in [9.17, 15) is 19.2 Å². The molecule has 0 aromatic heterocycles. The summed E-state index contributed by atoms with van der Waals surface area (Å²) in [6, 6.07) is 10.5. The normalized spacial score (nSPS) is 10.0. The number of carbonyl (C=O) groups is 4. The van der Waals surface area contributed by atoms with Gasteiger partial charge in [0.15, 0.2) is 0 Å². The Hall–Kier alpha value is -3.10. The van der Waals surface area contributed by atoms with Crippen molar-refractivity contribution >= 4 is 58.3 Å². The molecule has 0 aliphatic rings. The molecule has 0 radical (unpaired) electrons. The number of benzene rings is 2. The topological polar surface area (TPSA) is 114 Å². The summed E-state index contributed by atoms with van der Waals surface area (Å²) in [7, 11) is 0. The van der Waals surface area contributed by atoms with Gasteiger partial charge in [-0.15, -0.1) is 0 Å². The summed E-state index contributed by atoms with van der Waals surface area (Å²) >= 11 is 11.8. The summed E-state index contributed by atoms with van der Waals surface area (Å²) in [6.45, 7) is 1.49. The molecule has 2 aromatic carbocycles. The summed E-state index contributed by atoms with van der Waals surface area (Å²) in [5.74, 6) is -3.06. The number of hydrogen-bond donors (Lipinski definition) is 3. The lowest BCUT2D eigenvalue weighted by molar-refractivity contribution is -0.136. The van der Waals surface area contributed by atoms with Crippen molar-refractivity contribution in [2.45, 2.75) is 6.92 Å². The molecule has 152 valence electrons. The first kappa shape index (κ1) is 22.2. The number of carbonyl (C=O) groups excluding carboxylic acids is 4. The number of nitrogens with one attached hydrogen (secondary N) is 3. The summed E-state index contributed by atoms with van der Waals surface area (Å²) in [5.41, 5.74) is 0.892. The second kappa shape index (κ2) is 10.4. The summed E-state index contributed by atoms with van der Waals surface area (Å²) < 4.78 is 4.85. The van der Waals surface area contributed by atoms with Crippen LogP contribution >= 0.6 is 23.2 Å². The molecule has 0 aliphatic heterocycles. The van der Waals surface area contributed by atoms with Gasteiger partial charge in [-0.25, -0.2) is 4.79 Å². The van der Waals surface area contributed by atoms with Crippen LogP contribution in [-0.2, 0) is 19.1 Å². The van der Waals surface area contributed by atoms with E-state index in [0.29, 0.717) is 11.3 Å². The highest BCUT2D eigenvalue weighted by Gasteiger charge is 2.16. The molecule has 0 fully saturated rings. The molecule has 3 N–H and O–H groups in total. The maximum Gasteiger partial charge on any atom is 0.338 e. The molecule has 0 atom stereocenters. The Bertz CT molecular complexity index is 932. The van der Waals surface area contributed by atoms with Gasteiger partial charge in [-0.05, 0) is 43.3 Å². The predicted octanol–water partition coefficient (Wildman–Crippen LogP) is 2.86. The Morgan fingerprint density at radius 1 is 0.931 bits per heavy atom. The SMILES string of the molecule is CCOC(=O)c1ccc(NC(=O)C(=O)NCC(=O)Nc2cccc(Cl)c2Cl)cc1. The van der Waals surface area contributed by atoms with E-state index in [1.165, 1.54) is 24.3 Å². The van der Waals surface area contributed by atoms with E-state index in [0.717, 1.165) is 0 Å². The van der Waals surface area contributed by atoms with Crippen LogP contribution < -0.4 is 16.0 Å². The van der Waals surface area contributed by atoms with E-state index < -0.39 is 30.2 Å². The lowest BCUT2D eigenvalue weighted by Gasteiger charge is -2.09. The van der Waals surface area contributed by atoms with Crippen molar-refractivity contribution in [3.63, 3.8) is 0 Å². The second-order valence-corrected chi connectivity index (χ2v) is 6.37. The minimum Gasteiger partial charge on any atom is -0.462 e. The molecule has 0 unspecified atom stereocenters. The van der Waals surface area contributed by atoms with Gasteiger partial charge in [0.05, 0.1) is 34.4 Å². The fraction of sp³-hybridized carbons (Fsp3) is 0.158. The van der Waals surface area contributed by atoms with Crippen LogP contribution in [0.1, 0.15) is 17.3 Å². The second-order valence-electron chi connectivity index (χ2n) is 5.58. The third-order valence-corrected chi connectivity index (χ3v) is 4.31. The van der Waals surface area contributed by atoms with Crippen LogP contribution in [0, 0.1) is 0 Å². The number of hydrogen-bond acceptors (Lipinski definition) is 5. The quantitative estimate of drug-likeness (QED) is 0.474. The van der Waals surface area contributed by atoms with Gasteiger partial charge < -0.3 is 20.7 Å². The summed E-state index contributed by atoms with van der Waals surface area (Å²) in [5, 5.41) is 7.45. The zero-order valence-electron chi connectivity index (χ0n) is 15.3. The number of halogens is 2. The van der Waals surface area contributed by atoms with Crippen molar-refractivity contribution in [3.8, 4) is 0 Å². The summed E-state index contributed by atoms with van der Waals surface area (Å²) in [6.07, 6.45) is 0. The first-order valence-corrected chi connectivity index (χ1v) is 9.17. The molecule has 29 heavy (non-hydrogen) atoms. The van der Waals surface area contributed by atoms with E-state index in [2.05, 4.69) is 16.0 Å². The van der Waals surface area contributed by atoms with Gasteiger partial charge in [0.2, 0.25) is 5.91 Å². The standard InChI is InChI=1S/C19H17Cl2N3O5/c1-2-29-19(28)11-6-8-12(9-7-11)23-18(27)17(26)22-10-15(25)24-14-5-3-4-13(20)16(14)21/h3-9H,2,10H2,1H3,(H,22,26)(H,23,27)(H,24,25). The van der Waals surface area contributed by atoms with Crippen LogP contribution in [0.25, 0.3) is 0 Å². The van der Waals surface area contributed by atoms with Gasteiger partial charge in [-0.2, -0.15) is 0 Å². The fourth-order valence-corrected chi connectivity index (χ4v) is 2.48. The molecule has 0 heterocycles. The molecule has 2 aromatic rings. The third-order valence-electron chi connectivity index (χ3n) is 3.50. The maximum atomic E-state index is 11.9. The van der Waals surface area contributed by atoms with E-state index in [4.69, 9.17) is 27.9 Å². The molecule has 2 rings (SSSR count). The molecule has 0 saturated heterocycles. The Morgan fingerprint density at radius 2 is 1.62 bits per heavy atom. The van der Waals surface area contributed by atoms with Crippen molar-refractivity contribution in [3.05, 3.63) is 58.1 Å². The molecule has 0 bridgehead atoms. The van der Waals surface area contributed by atoms with Crippen molar-refractivity contribution in [1.82, 2.24) is 5.32 Å². The van der Waals surface area contributed by atoms with Gasteiger partial charge in [-0.3, -0.25) is 14.4 Å². The Labute approximate surface area is 176 Å². The van der Waals surface area contributed by atoms with E-state index in [-0.39, 0.29) is 22.3 Å². The van der Waals surface area contributed by atoms with Crippen molar-refractivity contribution < 1.29 is 23.9 Å². The molecule has 0 aliphatic carbocycles. The number of ether oxygens (including phenoxy) is 1. The van der Waals surface area contributed by atoms with Crippen molar-refractivity contribution in [2.24, 2.45) is 0 Å². The van der Waals surface area contributed by atoms with Gasteiger partial charge >= 0.3 is 17.8 Å². The van der Waals surface area contributed by atoms with E-state index in [1.807, 2.05) is 0 Å². The Kier molecular flexibility index (Phi) is 7.99. The van der Waals surface area contributed by atoms with Gasteiger partial charge in [0.1, 0.15) is 0 Å². The number of amides is 3. The molecular formula is C19H17Cl2N3O5. The van der Waals surface area contributed by atoms with E-state index in [1.54, 1.807) is 25.1 Å². The van der Waals surface area contributed by atoms with Crippen LogP contribution in [0.3, 0.4) is 0 Å². The Balaban J connectivity index is 1.84. The molecule has 10 heteroatoms. The van der Waals surface area contributed by atoms with Crippen LogP contribution in [0.4, 0.5) is 11.4 Å². The first-order valence-electron chi connectivity index (χ1n) is 8.42. The number of rotatable bonds is 6. The van der Waals surface area contributed by atoms with Gasteiger partial charge in [0.25, 0.3) is 0 Å². The molecular weight excluding hydrogens is 421 g/mol. The number of anilines is 2. The molecule has 0 saturated carbocycles. The molecule has 3 amide bonds. The van der Waals surface area contributed by atoms with Gasteiger partial charge in [-0.1, -0.05) is 29.3 Å². The number of esters is 1. The van der Waals surface area contributed by atoms with Crippen LogP contribution in [0.2, 0.25) is 10.0 Å². The van der Waals surface area contributed by atoms with Crippen LogP contribution in [-0.4, -0.2) is 36.8 Å². The zero-order chi connectivity index (χ0) is 21.4. The van der Waals surface area contributed by atoms with Gasteiger partial charge in [0, 0.05) is 5.69 Å². The van der Waals surface area contributed by atoms with Crippen LogP contribution in [0.5, 0.6) is 0 Å². The minimum absolute atomic E-state index is 0.165. The smallest absolute Gasteiger partial charge is 0.338 e. The minimum atomic E-state index is -1.01. The lowest BCUT2D eigenvalue weighted by atomic mass is 10.2. The highest BCUT2D eigenvalue weighted by molar-refractivity contribution is 6.44.